The Kier molecular flexibility index (Phi) is 1.08. The molecule has 1 fully saturated rings. The highest BCUT2D eigenvalue weighted by molar-refractivity contribution is 5.78. The molecule has 0 aliphatic heterocycles. The first kappa shape index (κ1) is 5.35. The van der Waals surface area contributed by atoms with Gasteiger partial charge >= 0.3 is 0 Å². The van der Waals surface area contributed by atoms with Gasteiger partial charge in [-0.15, -0.1) is 0 Å². The lowest BCUT2D eigenvalue weighted by atomic mass is 9.81. The summed E-state index contributed by atoms with van der Waals surface area (Å²) in [6.07, 6.45) is 1.63. The maximum atomic E-state index is 10.3. The van der Waals surface area contributed by atoms with Gasteiger partial charge in [0.2, 0.25) is 5.91 Å². The standard InChI is InChI=1S/C6H9NO/c1-4-2-5(3-4)6(7)8/h5H,1-3H2,(H2,7,8). The van der Waals surface area contributed by atoms with Gasteiger partial charge in [-0.05, 0) is 12.8 Å². The number of hydrogen-bond acceptors (Lipinski definition) is 1. The second-order valence-electron chi connectivity index (χ2n) is 2.26. The van der Waals surface area contributed by atoms with Crippen LogP contribution in [-0.4, -0.2) is 5.91 Å². The van der Waals surface area contributed by atoms with E-state index in [4.69, 9.17) is 5.73 Å². The van der Waals surface area contributed by atoms with E-state index in [2.05, 4.69) is 6.58 Å². The fourth-order valence-electron chi connectivity index (χ4n) is 0.838. The highest BCUT2D eigenvalue weighted by Gasteiger charge is 2.25. The third-order valence-corrected chi connectivity index (χ3v) is 1.47. The summed E-state index contributed by atoms with van der Waals surface area (Å²) in [5, 5.41) is 0. The van der Waals surface area contributed by atoms with Crippen LogP contribution in [0.3, 0.4) is 0 Å². The zero-order valence-corrected chi connectivity index (χ0v) is 4.68. The third kappa shape index (κ3) is 0.735. The third-order valence-electron chi connectivity index (χ3n) is 1.47. The van der Waals surface area contributed by atoms with E-state index in [1.807, 2.05) is 0 Å². The number of nitrogens with two attached hydrogens (primary N) is 1. The van der Waals surface area contributed by atoms with Crippen molar-refractivity contribution >= 4 is 5.91 Å². The summed E-state index contributed by atoms with van der Waals surface area (Å²) in [6, 6.07) is 0. The van der Waals surface area contributed by atoms with Gasteiger partial charge in [0.25, 0.3) is 0 Å². The van der Waals surface area contributed by atoms with E-state index in [-0.39, 0.29) is 11.8 Å². The topological polar surface area (TPSA) is 43.1 Å². The molecule has 0 aromatic carbocycles. The summed E-state index contributed by atoms with van der Waals surface area (Å²) in [4.78, 5) is 10.3. The first-order valence-corrected chi connectivity index (χ1v) is 2.66. The second kappa shape index (κ2) is 1.62. The van der Waals surface area contributed by atoms with Gasteiger partial charge in [0.05, 0.1) is 0 Å². The molecule has 0 aromatic rings. The average Bonchev–Trinajstić information content (AvgIpc) is 1.57. The molecule has 1 rings (SSSR count). The van der Waals surface area contributed by atoms with Crippen LogP contribution < -0.4 is 5.73 Å². The fraction of sp³-hybridized carbons (Fsp3) is 0.500. The van der Waals surface area contributed by atoms with Gasteiger partial charge < -0.3 is 5.73 Å². The predicted octanol–water partition coefficient (Wildman–Crippen LogP) is 0.438. The van der Waals surface area contributed by atoms with Crippen LogP contribution in [-0.2, 0) is 4.79 Å². The number of rotatable bonds is 1. The Morgan fingerprint density at radius 2 is 2.25 bits per heavy atom. The highest BCUT2D eigenvalue weighted by Crippen LogP contribution is 2.30. The number of hydrogen-bond donors (Lipinski definition) is 1. The Labute approximate surface area is 48.4 Å². The van der Waals surface area contributed by atoms with Gasteiger partial charge in [0, 0.05) is 5.92 Å². The molecule has 2 N–H and O–H groups in total. The van der Waals surface area contributed by atoms with E-state index in [1.54, 1.807) is 0 Å². The van der Waals surface area contributed by atoms with E-state index in [0.29, 0.717) is 0 Å². The van der Waals surface area contributed by atoms with Crippen LogP contribution >= 0.6 is 0 Å². The Hall–Kier alpha value is -0.790. The van der Waals surface area contributed by atoms with Gasteiger partial charge in [-0.2, -0.15) is 0 Å². The van der Waals surface area contributed by atoms with Gasteiger partial charge in [-0.25, -0.2) is 0 Å². The van der Waals surface area contributed by atoms with Crippen LogP contribution in [0, 0.1) is 5.92 Å². The van der Waals surface area contributed by atoms with E-state index in [0.717, 1.165) is 18.4 Å². The Morgan fingerprint density at radius 1 is 1.75 bits per heavy atom. The summed E-state index contributed by atoms with van der Waals surface area (Å²) in [6.45, 7) is 3.69. The molecule has 8 heavy (non-hydrogen) atoms. The van der Waals surface area contributed by atoms with Crippen molar-refractivity contribution in [3.8, 4) is 0 Å². The molecule has 0 radical (unpaired) electrons. The lowest BCUT2D eigenvalue weighted by Gasteiger charge is -2.24. The van der Waals surface area contributed by atoms with Crippen molar-refractivity contribution in [2.45, 2.75) is 12.8 Å². The minimum Gasteiger partial charge on any atom is -0.369 e. The maximum Gasteiger partial charge on any atom is 0.221 e. The van der Waals surface area contributed by atoms with Crippen molar-refractivity contribution in [3.63, 3.8) is 0 Å². The van der Waals surface area contributed by atoms with Crippen LogP contribution in [0.1, 0.15) is 12.8 Å². The molecule has 0 aromatic heterocycles. The quantitative estimate of drug-likeness (QED) is 0.490. The summed E-state index contributed by atoms with van der Waals surface area (Å²) < 4.78 is 0. The number of carbonyl (C=O) groups is 1. The fourth-order valence-corrected chi connectivity index (χ4v) is 0.838. The highest BCUT2D eigenvalue weighted by atomic mass is 16.1. The van der Waals surface area contributed by atoms with Crippen molar-refractivity contribution in [2.75, 3.05) is 0 Å². The maximum absolute atomic E-state index is 10.3. The van der Waals surface area contributed by atoms with Crippen LogP contribution in [0.15, 0.2) is 12.2 Å². The van der Waals surface area contributed by atoms with Crippen molar-refractivity contribution < 1.29 is 4.79 Å². The number of carbonyl (C=O) groups excluding carboxylic acids is 1. The molecule has 2 nitrogen and oxygen atoms in total. The molecule has 0 atom stereocenters. The van der Waals surface area contributed by atoms with Crippen molar-refractivity contribution in [1.82, 2.24) is 0 Å². The largest absolute Gasteiger partial charge is 0.369 e. The molecule has 0 spiro atoms. The molecule has 1 aliphatic rings. The molecule has 1 aliphatic carbocycles. The van der Waals surface area contributed by atoms with Gasteiger partial charge in [-0.3, -0.25) is 4.79 Å². The molecule has 0 unspecified atom stereocenters. The normalized spacial score (nSPS) is 20.2. The van der Waals surface area contributed by atoms with Crippen molar-refractivity contribution in [2.24, 2.45) is 11.7 Å². The molecule has 1 saturated carbocycles. The number of amides is 1. The van der Waals surface area contributed by atoms with E-state index in [1.165, 1.54) is 0 Å². The van der Waals surface area contributed by atoms with Crippen LogP contribution in [0.2, 0.25) is 0 Å². The minimum absolute atomic E-state index is 0.0995. The Balaban J connectivity index is 2.35. The minimum atomic E-state index is -0.183. The molecular weight excluding hydrogens is 102 g/mol. The smallest absolute Gasteiger partial charge is 0.221 e. The summed E-state index contributed by atoms with van der Waals surface area (Å²) in [5.41, 5.74) is 6.13. The SMILES string of the molecule is C=C1CC(C(N)=O)C1. The molecule has 0 heterocycles. The van der Waals surface area contributed by atoms with Gasteiger partial charge in [0.1, 0.15) is 0 Å². The molecule has 44 valence electrons. The predicted molar refractivity (Wildman–Crippen MR) is 31.1 cm³/mol. The zero-order chi connectivity index (χ0) is 6.15. The first-order valence-electron chi connectivity index (χ1n) is 2.66. The summed E-state index contributed by atoms with van der Waals surface area (Å²) in [5.74, 6) is -0.0834. The molecule has 0 saturated heterocycles. The van der Waals surface area contributed by atoms with Crippen molar-refractivity contribution in [3.05, 3.63) is 12.2 Å². The molecule has 1 amide bonds. The second-order valence-corrected chi connectivity index (χ2v) is 2.26. The molecular formula is C6H9NO. The van der Waals surface area contributed by atoms with Gasteiger partial charge in [-0.1, -0.05) is 12.2 Å². The number of allylic oxidation sites excluding steroid dienone is 1. The Bertz CT molecular complexity index is 131. The van der Waals surface area contributed by atoms with Crippen LogP contribution in [0.5, 0.6) is 0 Å². The number of primary amides is 1. The van der Waals surface area contributed by atoms with E-state index < -0.39 is 0 Å². The molecule has 0 bridgehead atoms. The van der Waals surface area contributed by atoms with E-state index >= 15 is 0 Å². The lowest BCUT2D eigenvalue weighted by Crippen LogP contribution is -2.29. The van der Waals surface area contributed by atoms with Crippen LogP contribution in [0.25, 0.3) is 0 Å². The summed E-state index contributed by atoms with van der Waals surface area (Å²) in [7, 11) is 0. The van der Waals surface area contributed by atoms with Crippen molar-refractivity contribution in [1.29, 1.82) is 0 Å². The summed E-state index contributed by atoms with van der Waals surface area (Å²) >= 11 is 0. The average molecular weight is 111 g/mol. The zero-order valence-electron chi connectivity index (χ0n) is 4.68. The van der Waals surface area contributed by atoms with E-state index in [9.17, 15) is 4.79 Å². The molecule has 2 heteroatoms. The van der Waals surface area contributed by atoms with Crippen LogP contribution in [0.4, 0.5) is 0 Å². The van der Waals surface area contributed by atoms with Gasteiger partial charge in [0.15, 0.2) is 0 Å². The monoisotopic (exact) mass is 111 g/mol. The first-order chi connectivity index (χ1) is 3.70. The lowest BCUT2D eigenvalue weighted by molar-refractivity contribution is -0.122. The Morgan fingerprint density at radius 3 is 2.38 bits per heavy atom.